The number of guanidine groups is 1. The van der Waals surface area contributed by atoms with Gasteiger partial charge in [0.15, 0.2) is 5.96 Å². The number of hydrogen-bond acceptors (Lipinski definition) is 4. The van der Waals surface area contributed by atoms with Crippen molar-refractivity contribution in [1.29, 1.82) is 0 Å². The van der Waals surface area contributed by atoms with Gasteiger partial charge in [0.2, 0.25) is 0 Å². The SMILES string of the molecule is CCNC(=NCC(C)(C)NC(=O)OC(C)(C)C)NCC1CCCN(CC(C)C)C1.I. The van der Waals surface area contributed by atoms with Gasteiger partial charge >= 0.3 is 6.09 Å². The lowest BCUT2D eigenvalue weighted by Crippen LogP contribution is -2.49. The van der Waals surface area contributed by atoms with Gasteiger partial charge in [-0.15, -0.1) is 24.0 Å². The molecule has 8 heteroatoms. The van der Waals surface area contributed by atoms with Crippen LogP contribution in [0.2, 0.25) is 0 Å². The van der Waals surface area contributed by atoms with Gasteiger partial charge in [0.1, 0.15) is 5.60 Å². The normalized spacial score (nSPS) is 18.6. The van der Waals surface area contributed by atoms with E-state index >= 15 is 0 Å². The van der Waals surface area contributed by atoms with E-state index in [1.807, 2.05) is 34.6 Å². The highest BCUT2D eigenvalue weighted by Gasteiger charge is 2.25. The first-order valence-corrected chi connectivity index (χ1v) is 11.2. The molecule has 0 bridgehead atoms. The summed E-state index contributed by atoms with van der Waals surface area (Å²) in [6.07, 6.45) is 2.11. The number of amides is 1. The summed E-state index contributed by atoms with van der Waals surface area (Å²) < 4.78 is 5.36. The molecule has 0 aromatic carbocycles. The maximum atomic E-state index is 12.1. The van der Waals surface area contributed by atoms with Crippen molar-refractivity contribution in [2.24, 2.45) is 16.8 Å². The molecular weight excluding hydrogens is 493 g/mol. The summed E-state index contributed by atoms with van der Waals surface area (Å²) in [6.45, 7) is 21.8. The minimum absolute atomic E-state index is 0. The summed E-state index contributed by atoms with van der Waals surface area (Å²) in [5.74, 6) is 2.15. The van der Waals surface area contributed by atoms with Crippen LogP contribution in [0.15, 0.2) is 4.99 Å². The van der Waals surface area contributed by atoms with Gasteiger partial charge in [-0.1, -0.05) is 13.8 Å². The molecule has 1 fully saturated rings. The molecule has 0 radical (unpaired) electrons. The van der Waals surface area contributed by atoms with E-state index in [1.165, 1.54) is 25.9 Å². The van der Waals surface area contributed by atoms with Crippen LogP contribution in [0.4, 0.5) is 4.79 Å². The average Bonchev–Trinajstić information content (AvgIpc) is 2.55. The van der Waals surface area contributed by atoms with Crippen molar-refractivity contribution >= 4 is 36.0 Å². The van der Waals surface area contributed by atoms with Crippen molar-refractivity contribution < 1.29 is 9.53 Å². The maximum absolute atomic E-state index is 12.1. The van der Waals surface area contributed by atoms with Crippen molar-refractivity contribution in [2.45, 2.75) is 79.4 Å². The van der Waals surface area contributed by atoms with Crippen LogP contribution in [0.25, 0.3) is 0 Å². The molecule has 1 aliphatic heterocycles. The first kappa shape index (κ1) is 29.2. The van der Waals surface area contributed by atoms with Crippen molar-refractivity contribution in [3.8, 4) is 0 Å². The van der Waals surface area contributed by atoms with Crippen LogP contribution in [0.5, 0.6) is 0 Å². The summed E-state index contributed by atoms with van der Waals surface area (Å²) >= 11 is 0. The Morgan fingerprint density at radius 2 is 1.87 bits per heavy atom. The molecule has 1 heterocycles. The number of carbonyl (C=O) groups is 1. The van der Waals surface area contributed by atoms with E-state index in [4.69, 9.17) is 9.73 Å². The fourth-order valence-corrected chi connectivity index (χ4v) is 3.48. The predicted octanol–water partition coefficient (Wildman–Crippen LogP) is 3.83. The van der Waals surface area contributed by atoms with E-state index in [0.717, 1.165) is 25.6 Å². The number of ether oxygens (including phenoxy) is 1. The van der Waals surface area contributed by atoms with Gasteiger partial charge in [-0.05, 0) is 72.8 Å². The number of aliphatic imine (C=N–C) groups is 1. The molecule has 0 aromatic heterocycles. The Hall–Kier alpha value is -0.770. The number of likely N-dealkylation sites (tertiary alicyclic amines) is 1. The number of alkyl carbamates (subject to hydrolysis) is 1. The number of rotatable bonds is 8. The summed E-state index contributed by atoms with van der Waals surface area (Å²) in [5, 5.41) is 9.72. The zero-order valence-electron chi connectivity index (χ0n) is 20.4. The minimum atomic E-state index is -0.511. The molecule has 30 heavy (non-hydrogen) atoms. The first-order chi connectivity index (χ1) is 13.4. The zero-order valence-corrected chi connectivity index (χ0v) is 22.8. The highest BCUT2D eigenvalue weighted by atomic mass is 127. The van der Waals surface area contributed by atoms with Crippen LogP contribution in [-0.2, 0) is 4.74 Å². The Kier molecular flexibility index (Phi) is 13.3. The van der Waals surface area contributed by atoms with Crippen molar-refractivity contribution in [3.05, 3.63) is 0 Å². The van der Waals surface area contributed by atoms with E-state index in [2.05, 4.69) is 41.6 Å². The van der Waals surface area contributed by atoms with Crippen LogP contribution in [0.1, 0.15) is 68.2 Å². The molecule has 1 atom stereocenters. The van der Waals surface area contributed by atoms with Gasteiger partial charge in [0.25, 0.3) is 0 Å². The average molecular weight is 540 g/mol. The van der Waals surface area contributed by atoms with Crippen LogP contribution >= 0.6 is 24.0 Å². The highest BCUT2D eigenvalue weighted by molar-refractivity contribution is 14.0. The lowest BCUT2D eigenvalue weighted by Gasteiger charge is -2.34. The molecule has 1 saturated heterocycles. The van der Waals surface area contributed by atoms with E-state index in [9.17, 15) is 4.79 Å². The molecule has 1 amide bonds. The van der Waals surface area contributed by atoms with Crippen LogP contribution in [0.3, 0.4) is 0 Å². The number of carbonyl (C=O) groups excluding carboxylic acids is 1. The van der Waals surface area contributed by atoms with Crippen molar-refractivity contribution in [3.63, 3.8) is 0 Å². The molecule has 7 nitrogen and oxygen atoms in total. The molecule has 0 saturated carbocycles. The third-order valence-electron chi connectivity index (χ3n) is 4.60. The molecule has 1 unspecified atom stereocenters. The Balaban J connectivity index is 0.00000841. The number of halogens is 1. The van der Waals surface area contributed by atoms with Crippen LogP contribution in [-0.4, -0.2) is 67.4 Å². The molecule has 1 rings (SSSR count). The Bertz CT molecular complexity index is 532. The monoisotopic (exact) mass is 539 g/mol. The van der Waals surface area contributed by atoms with Crippen LogP contribution < -0.4 is 16.0 Å². The quantitative estimate of drug-likeness (QED) is 0.248. The minimum Gasteiger partial charge on any atom is -0.444 e. The third-order valence-corrected chi connectivity index (χ3v) is 4.60. The molecule has 0 spiro atoms. The van der Waals surface area contributed by atoms with Gasteiger partial charge in [-0.2, -0.15) is 0 Å². The second-order valence-corrected chi connectivity index (χ2v) is 10.2. The first-order valence-electron chi connectivity index (χ1n) is 11.2. The van der Waals surface area contributed by atoms with Gasteiger partial charge in [-0.25, -0.2) is 4.79 Å². The molecule has 1 aliphatic rings. The Morgan fingerprint density at radius 1 is 1.20 bits per heavy atom. The molecule has 0 aromatic rings. The van der Waals surface area contributed by atoms with E-state index < -0.39 is 17.2 Å². The Labute approximate surface area is 201 Å². The molecule has 178 valence electrons. The molecule has 3 N–H and O–H groups in total. The highest BCUT2D eigenvalue weighted by Crippen LogP contribution is 2.17. The summed E-state index contributed by atoms with van der Waals surface area (Å²) in [6, 6.07) is 0. The van der Waals surface area contributed by atoms with Gasteiger partial charge in [0.05, 0.1) is 12.1 Å². The predicted molar refractivity (Wildman–Crippen MR) is 137 cm³/mol. The largest absolute Gasteiger partial charge is 0.444 e. The Morgan fingerprint density at radius 3 is 2.43 bits per heavy atom. The topological polar surface area (TPSA) is 78.0 Å². The molecular formula is C22H46IN5O2. The number of nitrogens with zero attached hydrogens (tertiary/aromatic N) is 2. The maximum Gasteiger partial charge on any atom is 0.408 e. The van der Waals surface area contributed by atoms with Crippen LogP contribution in [0, 0.1) is 11.8 Å². The third kappa shape index (κ3) is 13.5. The second kappa shape index (κ2) is 13.6. The van der Waals surface area contributed by atoms with Gasteiger partial charge in [-0.3, -0.25) is 4.99 Å². The number of piperidine rings is 1. The smallest absolute Gasteiger partial charge is 0.408 e. The fourth-order valence-electron chi connectivity index (χ4n) is 3.48. The summed E-state index contributed by atoms with van der Waals surface area (Å²) in [5.41, 5.74) is -1.01. The van der Waals surface area contributed by atoms with Crippen molar-refractivity contribution in [2.75, 3.05) is 39.3 Å². The summed E-state index contributed by atoms with van der Waals surface area (Å²) in [4.78, 5) is 19.3. The van der Waals surface area contributed by atoms with E-state index in [1.54, 1.807) is 0 Å². The van der Waals surface area contributed by atoms with Crippen molar-refractivity contribution in [1.82, 2.24) is 20.9 Å². The van der Waals surface area contributed by atoms with Gasteiger partial charge in [0, 0.05) is 26.2 Å². The van der Waals surface area contributed by atoms with E-state index in [-0.39, 0.29) is 24.0 Å². The fraction of sp³-hybridized carbons (Fsp3) is 0.909. The standard InChI is InChI=1S/C22H45N5O2.HI/c1-9-23-19(24-13-18-11-10-12-27(15-18)14-17(2)3)25-16-22(7,8)26-20(28)29-21(4,5)6;/h17-18H,9-16H2,1-8H3,(H,26,28)(H2,23,24,25);1H. The second-order valence-electron chi connectivity index (χ2n) is 10.2. The number of nitrogens with one attached hydrogen (secondary N) is 3. The van der Waals surface area contributed by atoms with Gasteiger partial charge < -0.3 is 25.6 Å². The lowest BCUT2D eigenvalue weighted by molar-refractivity contribution is 0.0476. The molecule has 0 aliphatic carbocycles. The number of hydrogen-bond donors (Lipinski definition) is 3. The lowest BCUT2D eigenvalue weighted by atomic mass is 9.97. The van der Waals surface area contributed by atoms with E-state index in [0.29, 0.717) is 18.4 Å². The zero-order chi connectivity index (χ0) is 22.1. The summed E-state index contributed by atoms with van der Waals surface area (Å²) in [7, 11) is 0.